The molecule has 10 heteroatoms. The topological polar surface area (TPSA) is 83.9 Å². The van der Waals surface area contributed by atoms with Gasteiger partial charge in [-0.05, 0) is 6.92 Å². The summed E-state index contributed by atoms with van der Waals surface area (Å²) >= 11 is 0.389. The van der Waals surface area contributed by atoms with Crippen LogP contribution in [0.2, 0.25) is 0 Å². The van der Waals surface area contributed by atoms with Crippen molar-refractivity contribution in [2.75, 3.05) is 18.9 Å². The van der Waals surface area contributed by atoms with E-state index in [9.17, 15) is 27.6 Å². The van der Waals surface area contributed by atoms with Gasteiger partial charge < -0.3 is 14.7 Å². The van der Waals surface area contributed by atoms with Crippen molar-refractivity contribution >= 4 is 28.8 Å². The van der Waals surface area contributed by atoms with E-state index in [0.29, 0.717) is 16.7 Å². The zero-order chi connectivity index (χ0) is 17.8. The Hall–Kier alpha value is -1.29. The highest BCUT2D eigenvalue weighted by Gasteiger charge is 2.50. The molecule has 1 heterocycles. The maximum absolute atomic E-state index is 13.1. The molecule has 1 amide bonds. The Morgan fingerprint density at radius 2 is 2.00 bits per heavy atom. The number of hydrogen-bond acceptors (Lipinski definition) is 5. The fourth-order valence-electron chi connectivity index (χ4n) is 2.34. The molecular formula is C13H18F3NO5S. The van der Waals surface area contributed by atoms with Crippen LogP contribution in [0, 0.1) is 5.92 Å². The van der Waals surface area contributed by atoms with Crippen LogP contribution in [0.15, 0.2) is 0 Å². The predicted octanol–water partition coefficient (Wildman–Crippen LogP) is 1.54. The number of carbonyl (C=O) groups excluding carboxylic acids is 2. The zero-order valence-corrected chi connectivity index (χ0v) is 13.4. The molecule has 6 nitrogen and oxygen atoms in total. The fraction of sp³-hybridized carbons (Fsp3) is 0.769. The number of rotatable bonds is 6. The summed E-state index contributed by atoms with van der Waals surface area (Å²) in [6, 6.07) is -1.36. The highest BCUT2D eigenvalue weighted by Crippen LogP contribution is 2.33. The van der Waals surface area contributed by atoms with Gasteiger partial charge in [0.25, 0.3) is 0 Å². The molecule has 0 spiro atoms. The van der Waals surface area contributed by atoms with Gasteiger partial charge in [0.2, 0.25) is 5.91 Å². The normalized spacial score (nSPS) is 22.9. The Morgan fingerprint density at radius 1 is 1.39 bits per heavy atom. The number of alkyl halides is 3. The number of thioether (sulfide) groups is 1. The molecule has 1 aliphatic heterocycles. The van der Waals surface area contributed by atoms with E-state index in [1.807, 2.05) is 0 Å². The maximum Gasteiger partial charge on any atom is 0.401 e. The number of nitrogens with zero attached hydrogens (tertiary/aromatic N) is 1. The molecule has 1 saturated heterocycles. The summed E-state index contributed by atoms with van der Waals surface area (Å²) < 4.78 is 44.5. The molecule has 0 aliphatic carbocycles. The van der Waals surface area contributed by atoms with Crippen molar-refractivity contribution in [3.63, 3.8) is 0 Å². The Bertz CT molecular complexity index is 471. The Kier molecular flexibility index (Phi) is 6.87. The molecular weight excluding hydrogens is 339 g/mol. The van der Waals surface area contributed by atoms with Crippen LogP contribution in [-0.4, -0.2) is 64.2 Å². The second kappa shape index (κ2) is 8.00. The van der Waals surface area contributed by atoms with Gasteiger partial charge >= 0.3 is 12.1 Å². The smallest absolute Gasteiger partial charge is 0.401 e. The lowest BCUT2D eigenvalue weighted by atomic mass is 10.1. The average molecular weight is 357 g/mol. The molecule has 3 atom stereocenters. The molecule has 1 aliphatic rings. The van der Waals surface area contributed by atoms with Crippen LogP contribution < -0.4 is 0 Å². The van der Waals surface area contributed by atoms with Gasteiger partial charge in [-0.3, -0.25) is 9.59 Å². The third-order valence-corrected chi connectivity index (χ3v) is 4.29. The number of carboxylic acids is 1. The van der Waals surface area contributed by atoms with Crippen LogP contribution in [0.4, 0.5) is 13.2 Å². The molecule has 23 heavy (non-hydrogen) atoms. The molecule has 1 fully saturated rings. The number of carbonyl (C=O) groups is 3. The molecule has 132 valence electrons. The molecule has 0 aromatic rings. The predicted molar refractivity (Wildman–Crippen MR) is 75.9 cm³/mol. The second-order valence-electron chi connectivity index (χ2n) is 5.05. The number of hydrogen-bond donors (Lipinski definition) is 1. The standard InChI is InChI=1S/C13H18F3NO5S/c1-3-22-8-4-10(12(20)21)17(5-8)11(19)9(13(14,15)16)6-23-7(2)18/h8-10H,3-6H2,1-2H3,(H,20,21)/t8?,9?,10-/m0/s1. The van der Waals surface area contributed by atoms with Crippen LogP contribution in [0.25, 0.3) is 0 Å². The van der Waals surface area contributed by atoms with Gasteiger partial charge in [0.05, 0.1) is 6.10 Å². The molecule has 0 saturated carbocycles. The zero-order valence-electron chi connectivity index (χ0n) is 12.6. The number of ether oxygens (including phenoxy) is 1. The van der Waals surface area contributed by atoms with E-state index >= 15 is 0 Å². The van der Waals surface area contributed by atoms with E-state index in [4.69, 9.17) is 9.84 Å². The first-order chi connectivity index (χ1) is 10.6. The van der Waals surface area contributed by atoms with Crippen molar-refractivity contribution in [2.24, 2.45) is 5.92 Å². The first kappa shape index (κ1) is 19.8. The molecule has 0 radical (unpaired) electrons. The van der Waals surface area contributed by atoms with Gasteiger partial charge in [-0.15, -0.1) is 0 Å². The van der Waals surface area contributed by atoms with Gasteiger partial charge in [0, 0.05) is 32.2 Å². The number of carboxylic acid groups (broad SMARTS) is 1. The van der Waals surface area contributed by atoms with Crippen molar-refractivity contribution in [1.29, 1.82) is 0 Å². The number of likely N-dealkylation sites (tertiary alicyclic amines) is 1. The van der Waals surface area contributed by atoms with E-state index < -0.39 is 47.0 Å². The molecule has 1 rings (SSSR count). The quantitative estimate of drug-likeness (QED) is 0.776. The van der Waals surface area contributed by atoms with E-state index in [1.54, 1.807) is 6.92 Å². The third-order valence-electron chi connectivity index (χ3n) is 3.38. The lowest BCUT2D eigenvalue weighted by molar-refractivity contribution is -0.186. The third kappa shape index (κ3) is 5.38. The molecule has 1 N–H and O–H groups in total. The lowest BCUT2D eigenvalue weighted by Gasteiger charge is -2.27. The van der Waals surface area contributed by atoms with Gasteiger partial charge in [-0.2, -0.15) is 13.2 Å². The fourth-order valence-corrected chi connectivity index (χ4v) is 3.07. The monoisotopic (exact) mass is 357 g/mol. The van der Waals surface area contributed by atoms with Crippen molar-refractivity contribution in [3.8, 4) is 0 Å². The molecule has 0 aromatic carbocycles. The minimum atomic E-state index is -4.85. The molecule has 0 aromatic heterocycles. The number of halogens is 3. The molecule has 0 bridgehead atoms. The maximum atomic E-state index is 13.1. The van der Waals surface area contributed by atoms with Crippen LogP contribution >= 0.6 is 11.8 Å². The van der Waals surface area contributed by atoms with E-state index in [-0.39, 0.29) is 19.6 Å². The van der Waals surface area contributed by atoms with Crippen molar-refractivity contribution in [2.45, 2.75) is 38.6 Å². The van der Waals surface area contributed by atoms with Gasteiger partial charge in [0.1, 0.15) is 12.0 Å². The van der Waals surface area contributed by atoms with Gasteiger partial charge in [-0.1, -0.05) is 11.8 Å². The van der Waals surface area contributed by atoms with Crippen LogP contribution in [0.3, 0.4) is 0 Å². The van der Waals surface area contributed by atoms with Crippen LogP contribution in [0.5, 0.6) is 0 Å². The van der Waals surface area contributed by atoms with E-state index in [0.717, 1.165) is 6.92 Å². The van der Waals surface area contributed by atoms with Gasteiger partial charge in [0.15, 0.2) is 5.12 Å². The minimum absolute atomic E-state index is 0.0562. The highest BCUT2D eigenvalue weighted by atomic mass is 32.2. The molecule has 2 unspecified atom stereocenters. The van der Waals surface area contributed by atoms with Gasteiger partial charge in [-0.25, -0.2) is 4.79 Å². The Balaban J connectivity index is 2.95. The average Bonchev–Trinajstić information content (AvgIpc) is 2.81. The first-order valence-electron chi connectivity index (χ1n) is 6.92. The summed E-state index contributed by atoms with van der Waals surface area (Å²) in [7, 11) is 0. The summed E-state index contributed by atoms with van der Waals surface area (Å²) in [4.78, 5) is 35.0. The second-order valence-corrected chi connectivity index (χ2v) is 6.25. The van der Waals surface area contributed by atoms with E-state index in [2.05, 4.69) is 0 Å². The van der Waals surface area contributed by atoms with Crippen molar-refractivity contribution < 1.29 is 37.4 Å². The van der Waals surface area contributed by atoms with Crippen molar-refractivity contribution in [1.82, 2.24) is 4.90 Å². The summed E-state index contributed by atoms with van der Waals surface area (Å²) in [6.45, 7) is 2.83. The number of aliphatic carboxylic acids is 1. The Morgan fingerprint density at radius 3 is 2.43 bits per heavy atom. The Labute approximate surface area is 135 Å². The summed E-state index contributed by atoms with van der Waals surface area (Å²) in [6.07, 6.45) is -5.52. The van der Waals surface area contributed by atoms with Crippen LogP contribution in [0.1, 0.15) is 20.3 Å². The minimum Gasteiger partial charge on any atom is -0.480 e. The summed E-state index contributed by atoms with van der Waals surface area (Å²) in [5.74, 6) is -5.89. The summed E-state index contributed by atoms with van der Waals surface area (Å²) in [5, 5.41) is 8.59. The SMILES string of the molecule is CCOC1C[C@@H](C(=O)O)N(C(=O)C(CSC(C)=O)C(F)(F)F)C1. The first-order valence-corrected chi connectivity index (χ1v) is 7.91. The highest BCUT2D eigenvalue weighted by molar-refractivity contribution is 8.13. The largest absolute Gasteiger partial charge is 0.480 e. The van der Waals surface area contributed by atoms with Crippen molar-refractivity contribution in [3.05, 3.63) is 0 Å². The lowest BCUT2D eigenvalue weighted by Crippen LogP contribution is -2.48. The number of amides is 1. The van der Waals surface area contributed by atoms with Crippen LogP contribution in [-0.2, 0) is 19.1 Å². The van der Waals surface area contributed by atoms with E-state index in [1.165, 1.54) is 0 Å². The summed E-state index contributed by atoms with van der Waals surface area (Å²) in [5.41, 5.74) is 0.